The van der Waals surface area contributed by atoms with E-state index in [1.807, 2.05) is 39.1 Å². The SMILES string of the molecule is Cc1cc(OCc2c(Cl)c(C)nn2C)ccc1N. The second kappa shape index (κ2) is 4.90. The highest BCUT2D eigenvalue weighted by molar-refractivity contribution is 6.31. The third-order valence-corrected chi connectivity index (χ3v) is 3.37. The summed E-state index contributed by atoms with van der Waals surface area (Å²) in [7, 11) is 1.85. The van der Waals surface area contributed by atoms with Gasteiger partial charge in [0.15, 0.2) is 0 Å². The van der Waals surface area contributed by atoms with Crippen LogP contribution in [0.2, 0.25) is 5.02 Å². The second-order valence-corrected chi connectivity index (χ2v) is 4.65. The van der Waals surface area contributed by atoms with Gasteiger partial charge in [-0.1, -0.05) is 11.6 Å². The number of halogens is 1. The molecule has 1 aromatic heterocycles. The van der Waals surface area contributed by atoms with Crippen molar-refractivity contribution in [3.63, 3.8) is 0 Å². The number of nitrogens with two attached hydrogens (primary N) is 1. The van der Waals surface area contributed by atoms with Crippen molar-refractivity contribution >= 4 is 17.3 Å². The number of anilines is 1. The van der Waals surface area contributed by atoms with Gasteiger partial charge in [-0.2, -0.15) is 5.10 Å². The first kappa shape index (κ1) is 12.8. The van der Waals surface area contributed by atoms with E-state index in [0.717, 1.165) is 28.4 Å². The summed E-state index contributed by atoms with van der Waals surface area (Å²) in [6.45, 7) is 4.21. The maximum absolute atomic E-state index is 6.15. The Hall–Kier alpha value is -1.68. The number of rotatable bonds is 3. The van der Waals surface area contributed by atoms with E-state index in [-0.39, 0.29) is 0 Å². The number of nitrogen functional groups attached to an aromatic ring is 1. The number of benzene rings is 1. The lowest BCUT2D eigenvalue weighted by atomic mass is 10.2. The summed E-state index contributed by atoms with van der Waals surface area (Å²) in [5, 5.41) is 4.90. The van der Waals surface area contributed by atoms with Crippen LogP contribution in [0.15, 0.2) is 18.2 Å². The van der Waals surface area contributed by atoms with Crippen molar-refractivity contribution in [1.82, 2.24) is 9.78 Å². The van der Waals surface area contributed by atoms with Crippen molar-refractivity contribution in [2.24, 2.45) is 7.05 Å². The Labute approximate surface area is 111 Å². The summed E-state index contributed by atoms with van der Waals surface area (Å²) in [5.74, 6) is 0.775. The Morgan fingerprint density at radius 1 is 1.39 bits per heavy atom. The van der Waals surface area contributed by atoms with E-state index in [2.05, 4.69) is 5.10 Å². The van der Waals surface area contributed by atoms with E-state index in [9.17, 15) is 0 Å². The second-order valence-electron chi connectivity index (χ2n) is 4.28. The topological polar surface area (TPSA) is 53.1 Å². The predicted octanol–water partition coefficient (Wildman–Crippen LogP) is 2.85. The Balaban J connectivity index is 2.14. The van der Waals surface area contributed by atoms with Crippen LogP contribution in [0.1, 0.15) is 17.0 Å². The molecule has 0 aliphatic carbocycles. The lowest BCUT2D eigenvalue weighted by molar-refractivity contribution is 0.295. The molecule has 4 nitrogen and oxygen atoms in total. The molecule has 0 spiro atoms. The fourth-order valence-corrected chi connectivity index (χ4v) is 1.94. The fourth-order valence-electron chi connectivity index (χ4n) is 1.73. The summed E-state index contributed by atoms with van der Waals surface area (Å²) in [6, 6.07) is 5.59. The first-order valence-electron chi connectivity index (χ1n) is 5.66. The van der Waals surface area contributed by atoms with E-state index < -0.39 is 0 Å². The molecule has 1 heterocycles. The number of nitrogens with zero attached hydrogens (tertiary/aromatic N) is 2. The summed E-state index contributed by atoms with van der Waals surface area (Å²) < 4.78 is 7.44. The molecule has 0 aliphatic heterocycles. The number of aryl methyl sites for hydroxylation is 3. The summed E-state index contributed by atoms with van der Waals surface area (Å²) in [6.07, 6.45) is 0. The summed E-state index contributed by atoms with van der Waals surface area (Å²) >= 11 is 6.15. The normalized spacial score (nSPS) is 10.7. The zero-order valence-corrected chi connectivity index (χ0v) is 11.5. The molecule has 0 saturated carbocycles. The van der Waals surface area contributed by atoms with Gasteiger partial charge in [0.25, 0.3) is 0 Å². The molecule has 0 aliphatic rings. The molecule has 0 radical (unpaired) electrons. The first-order chi connectivity index (χ1) is 8.49. The molecule has 96 valence electrons. The molecule has 2 N–H and O–H groups in total. The quantitative estimate of drug-likeness (QED) is 0.869. The zero-order valence-electron chi connectivity index (χ0n) is 10.7. The van der Waals surface area contributed by atoms with Crippen LogP contribution in [0.4, 0.5) is 5.69 Å². The molecule has 0 saturated heterocycles. The predicted molar refractivity (Wildman–Crippen MR) is 72.9 cm³/mol. The maximum Gasteiger partial charge on any atom is 0.131 e. The lowest BCUT2D eigenvalue weighted by Crippen LogP contribution is -2.04. The Bertz CT molecular complexity index is 578. The first-order valence-corrected chi connectivity index (χ1v) is 6.03. The highest BCUT2D eigenvalue weighted by Crippen LogP contribution is 2.23. The molecule has 1 aromatic carbocycles. The van der Waals surface area contributed by atoms with Crippen molar-refractivity contribution in [1.29, 1.82) is 0 Å². The molecular weight excluding hydrogens is 250 g/mol. The van der Waals surface area contributed by atoms with Gasteiger partial charge in [-0.25, -0.2) is 0 Å². The lowest BCUT2D eigenvalue weighted by Gasteiger charge is -2.08. The molecule has 2 aromatic rings. The van der Waals surface area contributed by atoms with Gasteiger partial charge in [-0.15, -0.1) is 0 Å². The number of aromatic nitrogens is 2. The van der Waals surface area contributed by atoms with Gasteiger partial charge in [-0.3, -0.25) is 4.68 Å². The molecule has 0 amide bonds. The van der Waals surface area contributed by atoms with Gasteiger partial charge in [0.2, 0.25) is 0 Å². The maximum atomic E-state index is 6.15. The van der Waals surface area contributed by atoms with Crippen LogP contribution in [-0.4, -0.2) is 9.78 Å². The minimum absolute atomic E-state index is 0.388. The van der Waals surface area contributed by atoms with E-state index in [1.54, 1.807) is 4.68 Å². The fraction of sp³-hybridized carbons (Fsp3) is 0.308. The van der Waals surface area contributed by atoms with Gasteiger partial charge in [0.1, 0.15) is 12.4 Å². The Morgan fingerprint density at radius 3 is 2.67 bits per heavy atom. The van der Waals surface area contributed by atoms with Crippen LogP contribution >= 0.6 is 11.6 Å². The van der Waals surface area contributed by atoms with E-state index in [1.165, 1.54) is 0 Å². The van der Waals surface area contributed by atoms with Gasteiger partial charge in [0, 0.05) is 12.7 Å². The van der Waals surface area contributed by atoms with E-state index >= 15 is 0 Å². The van der Waals surface area contributed by atoms with Crippen molar-refractivity contribution in [3.8, 4) is 5.75 Å². The third-order valence-electron chi connectivity index (χ3n) is 2.88. The van der Waals surface area contributed by atoms with Crippen LogP contribution in [0.25, 0.3) is 0 Å². The number of hydrogen-bond donors (Lipinski definition) is 1. The summed E-state index contributed by atoms with van der Waals surface area (Å²) in [5.41, 5.74) is 9.19. The Morgan fingerprint density at radius 2 is 2.11 bits per heavy atom. The highest BCUT2D eigenvalue weighted by Gasteiger charge is 2.11. The van der Waals surface area contributed by atoms with E-state index in [0.29, 0.717) is 11.6 Å². The highest BCUT2D eigenvalue weighted by atomic mass is 35.5. The van der Waals surface area contributed by atoms with Crippen LogP contribution in [-0.2, 0) is 13.7 Å². The standard InChI is InChI=1S/C13H16ClN3O/c1-8-6-10(4-5-11(8)15)18-7-12-13(14)9(2)16-17(12)3/h4-6H,7,15H2,1-3H3. The van der Waals surface area contributed by atoms with Gasteiger partial charge in [0.05, 0.1) is 16.4 Å². The van der Waals surface area contributed by atoms with Crippen LogP contribution in [0.3, 0.4) is 0 Å². The Kier molecular flexibility index (Phi) is 3.48. The van der Waals surface area contributed by atoms with Crippen molar-refractivity contribution in [3.05, 3.63) is 40.2 Å². The number of ether oxygens (including phenoxy) is 1. The smallest absolute Gasteiger partial charge is 0.131 e. The third kappa shape index (κ3) is 2.43. The van der Waals surface area contributed by atoms with Crippen LogP contribution in [0.5, 0.6) is 5.75 Å². The molecule has 5 heteroatoms. The molecule has 2 rings (SSSR count). The van der Waals surface area contributed by atoms with Crippen molar-refractivity contribution < 1.29 is 4.74 Å². The average Bonchev–Trinajstić information content (AvgIpc) is 2.56. The van der Waals surface area contributed by atoms with Crippen molar-refractivity contribution in [2.45, 2.75) is 20.5 Å². The monoisotopic (exact) mass is 265 g/mol. The number of hydrogen-bond acceptors (Lipinski definition) is 3. The molecule has 0 unspecified atom stereocenters. The van der Waals surface area contributed by atoms with Crippen LogP contribution in [0, 0.1) is 13.8 Å². The minimum Gasteiger partial charge on any atom is -0.487 e. The minimum atomic E-state index is 0.388. The molecule has 0 atom stereocenters. The van der Waals surface area contributed by atoms with E-state index in [4.69, 9.17) is 22.1 Å². The van der Waals surface area contributed by atoms with Crippen molar-refractivity contribution in [2.75, 3.05) is 5.73 Å². The largest absolute Gasteiger partial charge is 0.487 e. The average molecular weight is 266 g/mol. The van der Waals surface area contributed by atoms with Gasteiger partial charge < -0.3 is 10.5 Å². The zero-order chi connectivity index (χ0) is 13.3. The molecule has 18 heavy (non-hydrogen) atoms. The van der Waals surface area contributed by atoms with Gasteiger partial charge in [-0.05, 0) is 37.6 Å². The molecule has 0 bridgehead atoms. The molecular formula is C13H16ClN3O. The van der Waals surface area contributed by atoms with Gasteiger partial charge >= 0.3 is 0 Å². The molecule has 0 fully saturated rings. The van der Waals surface area contributed by atoms with Crippen LogP contribution < -0.4 is 10.5 Å². The summed E-state index contributed by atoms with van der Waals surface area (Å²) in [4.78, 5) is 0.